The van der Waals surface area contributed by atoms with Crippen LogP contribution in [0, 0.1) is 11.8 Å². The van der Waals surface area contributed by atoms with Gasteiger partial charge >= 0.3 is 0 Å². The smallest absolute Gasteiger partial charge is 0.0613 e. The minimum absolute atomic E-state index is 0.487. The molecule has 0 aliphatic heterocycles. The molecule has 1 rings (SSSR count). The van der Waals surface area contributed by atoms with E-state index in [9.17, 15) is 0 Å². The fraction of sp³-hybridized carbons (Fsp3) is 1.00. The van der Waals surface area contributed by atoms with Crippen molar-refractivity contribution in [2.75, 3.05) is 0 Å². The lowest BCUT2D eigenvalue weighted by atomic mass is 9.83. The highest BCUT2D eigenvalue weighted by atomic mass is 31.0. The topological polar surface area (TPSA) is 9.23 Å². The van der Waals surface area contributed by atoms with Gasteiger partial charge in [0.2, 0.25) is 0 Å². The first-order chi connectivity index (χ1) is 7.24. The summed E-state index contributed by atoms with van der Waals surface area (Å²) in [6, 6.07) is 0. The fourth-order valence-corrected chi connectivity index (χ4v) is 2.86. The molecule has 0 radical (unpaired) electrons. The third kappa shape index (κ3) is 5.31. The molecule has 0 N–H and O–H groups in total. The molecule has 0 amide bonds. The average molecular weight is 230 g/mol. The summed E-state index contributed by atoms with van der Waals surface area (Å²) in [6.07, 6.45) is 11.5. The molecule has 0 aromatic heterocycles. The summed E-state index contributed by atoms with van der Waals surface area (Å²) >= 11 is 0. The van der Waals surface area contributed by atoms with Crippen LogP contribution in [0.2, 0.25) is 0 Å². The van der Waals surface area contributed by atoms with E-state index in [4.69, 9.17) is 4.52 Å². The molecule has 1 aliphatic rings. The average Bonchev–Trinajstić information content (AvgIpc) is 2.24. The first-order valence-corrected chi connectivity index (χ1v) is 7.06. The van der Waals surface area contributed by atoms with Crippen LogP contribution in [0.1, 0.15) is 65.2 Å². The maximum Gasteiger partial charge on any atom is 0.0613 e. The predicted molar refractivity (Wildman–Crippen MR) is 69.8 cm³/mol. The summed E-state index contributed by atoms with van der Waals surface area (Å²) in [5.41, 5.74) is 0. The van der Waals surface area contributed by atoms with Crippen molar-refractivity contribution in [1.29, 1.82) is 0 Å². The molecule has 0 bridgehead atoms. The summed E-state index contributed by atoms with van der Waals surface area (Å²) in [7, 11) is 2.46. The number of rotatable bonds is 2. The fourth-order valence-electron chi connectivity index (χ4n) is 2.61. The van der Waals surface area contributed by atoms with Crippen molar-refractivity contribution in [2.24, 2.45) is 11.8 Å². The van der Waals surface area contributed by atoms with Crippen molar-refractivity contribution in [2.45, 2.75) is 71.3 Å². The SMILES string of the molecule is CC(C)C1CCCCCCCC(OP)C1. The third-order valence-corrected chi connectivity index (χ3v) is 4.19. The van der Waals surface area contributed by atoms with Crippen molar-refractivity contribution in [3.8, 4) is 0 Å². The van der Waals surface area contributed by atoms with Crippen molar-refractivity contribution in [3.05, 3.63) is 0 Å². The highest BCUT2D eigenvalue weighted by Gasteiger charge is 2.19. The summed E-state index contributed by atoms with van der Waals surface area (Å²) in [5.74, 6) is 1.68. The zero-order valence-corrected chi connectivity index (χ0v) is 11.5. The lowest BCUT2D eigenvalue weighted by Crippen LogP contribution is -2.19. The van der Waals surface area contributed by atoms with Gasteiger partial charge in [-0.2, -0.15) is 0 Å². The molecule has 0 saturated heterocycles. The van der Waals surface area contributed by atoms with Crippen molar-refractivity contribution in [1.82, 2.24) is 0 Å². The monoisotopic (exact) mass is 230 g/mol. The highest BCUT2D eigenvalue weighted by Crippen LogP contribution is 2.29. The lowest BCUT2D eigenvalue weighted by molar-refractivity contribution is 0.154. The van der Waals surface area contributed by atoms with Gasteiger partial charge in [0.15, 0.2) is 0 Å². The van der Waals surface area contributed by atoms with Gasteiger partial charge in [-0.3, -0.25) is 0 Å². The molecule has 90 valence electrons. The van der Waals surface area contributed by atoms with E-state index in [1.54, 1.807) is 0 Å². The summed E-state index contributed by atoms with van der Waals surface area (Å²) in [5, 5.41) is 0. The third-order valence-electron chi connectivity index (χ3n) is 3.80. The van der Waals surface area contributed by atoms with Crippen molar-refractivity contribution >= 4 is 9.47 Å². The molecule has 1 fully saturated rings. The Hall–Kier alpha value is 0.390. The number of hydrogen-bond donors (Lipinski definition) is 0. The molecule has 0 spiro atoms. The van der Waals surface area contributed by atoms with Gasteiger partial charge < -0.3 is 4.52 Å². The Balaban J connectivity index is 2.45. The minimum Gasteiger partial charge on any atom is -0.362 e. The van der Waals surface area contributed by atoms with Gasteiger partial charge in [0, 0.05) is 9.47 Å². The Morgan fingerprint density at radius 3 is 2.20 bits per heavy atom. The molecule has 0 aromatic carbocycles. The molecule has 0 heterocycles. The minimum atomic E-state index is 0.487. The van der Waals surface area contributed by atoms with Crippen molar-refractivity contribution in [3.63, 3.8) is 0 Å². The van der Waals surface area contributed by atoms with Crippen LogP contribution in [-0.4, -0.2) is 6.10 Å². The molecule has 1 nitrogen and oxygen atoms in total. The Bertz CT molecular complexity index is 159. The standard InChI is InChI=1S/C13H27OP/c1-11(2)12-8-6-4-3-5-7-9-13(10-12)14-15/h11-13H,3-10,15H2,1-2H3. The molecule has 2 heteroatoms. The zero-order chi connectivity index (χ0) is 11.1. The largest absolute Gasteiger partial charge is 0.362 e. The van der Waals surface area contributed by atoms with Gasteiger partial charge in [-0.1, -0.05) is 52.4 Å². The summed E-state index contributed by atoms with van der Waals surface area (Å²) in [6.45, 7) is 4.71. The molecule has 3 atom stereocenters. The van der Waals surface area contributed by atoms with Gasteiger partial charge in [0.25, 0.3) is 0 Å². The molecule has 3 unspecified atom stereocenters. The maximum absolute atomic E-state index is 5.52. The summed E-state index contributed by atoms with van der Waals surface area (Å²) in [4.78, 5) is 0. The molecule has 0 aromatic rings. The van der Waals surface area contributed by atoms with Gasteiger partial charge in [-0.15, -0.1) is 0 Å². The molecule has 1 aliphatic carbocycles. The second-order valence-electron chi connectivity index (χ2n) is 5.34. The summed E-state index contributed by atoms with van der Waals surface area (Å²) < 4.78 is 5.52. The first kappa shape index (κ1) is 13.5. The molecule has 15 heavy (non-hydrogen) atoms. The number of hydrogen-bond acceptors (Lipinski definition) is 1. The Morgan fingerprint density at radius 2 is 1.60 bits per heavy atom. The predicted octanol–water partition coefficient (Wildman–Crippen LogP) is 4.57. The van der Waals surface area contributed by atoms with Crippen LogP contribution in [-0.2, 0) is 4.52 Å². The second kappa shape index (κ2) is 7.63. The molecular weight excluding hydrogens is 203 g/mol. The van der Waals surface area contributed by atoms with Crippen LogP contribution in [0.25, 0.3) is 0 Å². The van der Waals surface area contributed by atoms with E-state index in [1.165, 1.54) is 51.4 Å². The van der Waals surface area contributed by atoms with Crippen LogP contribution < -0.4 is 0 Å². The molecular formula is C13H27OP. The Labute approximate surface area is 97.6 Å². The second-order valence-corrected chi connectivity index (χ2v) is 5.62. The van der Waals surface area contributed by atoms with Crippen LogP contribution in [0.5, 0.6) is 0 Å². The van der Waals surface area contributed by atoms with E-state index < -0.39 is 0 Å². The maximum atomic E-state index is 5.52. The normalized spacial score (nSPS) is 30.4. The Kier molecular flexibility index (Phi) is 6.84. The highest BCUT2D eigenvalue weighted by molar-refractivity contribution is 7.09. The molecule has 1 saturated carbocycles. The Morgan fingerprint density at radius 1 is 1.00 bits per heavy atom. The van der Waals surface area contributed by atoms with E-state index in [0.717, 1.165) is 11.8 Å². The lowest BCUT2D eigenvalue weighted by Gasteiger charge is -2.26. The van der Waals surface area contributed by atoms with Gasteiger partial charge in [0.05, 0.1) is 6.10 Å². The zero-order valence-electron chi connectivity index (χ0n) is 10.4. The van der Waals surface area contributed by atoms with E-state index in [0.29, 0.717) is 6.10 Å². The van der Waals surface area contributed by atoms with E-state index in [2.05, 4.69) is 23.3 Å². The van der Waals surface area contributed by atoms with Gasteiger partial charge in [-0.05, 0) is 24.7 Å². The quantitative estimate of drug-likeness (QED) is 0.631. The van der Waals surface area contributed by atoms with Crippen LogP contribution in [0.3, 0.4) is 0 Å². The van der Waals surface area contributed by atoms with E-state index in [-0.39, 0.29) is 0 Å². The van der Waals surface area contributed by atoms with E-state index >= 15 is 0 Å². The van der Waals surface area contributed by atoms with Gasteiger partial charge in [-0.25, -0.2) is 0 Å². The van der Waals surface area contributed by atoms with Crippen LogP contribution >= 0.6 is 9.47 Å². The van der Waals surface area contributed by atoms with Crippen molar-refractivity contribution < 1.29 is 4.52 Å². The van der Waals surface area contributed by atoms with Gasteiger partial charge in [0.1, 0.15) is 0 Å². The first-order valence-electron chi connectivity index (χ1n) is 6.59. The van der Waals surface area contributed by atoms with E-state index in [1.807, 2.05) is 0 Å². The van der Waals surface area contributed by atoms with Crippen LogP contribution in [0.4, 0.5) is 0 Å². The van der Waals surface area contributed by atoms with Crippen LogP contribution in [0.15, 0.2) is 0 Å².